The number of amides is 2. The third kappa shape index (κ3) is 1.31. The molecule has 0 radical (unpaired) electrons. The lowest BCUT2D eigenvalue weighted by Gasteiger charge is -2.15. The molecule has 3 heteroatoms. The Morgan fingerprint density at radius 1 is 1.07 bits per heavy atom. The number of benzene rings is 1. The van der Waals surface area contributed by atoms with Crippen LogP contribution in [0.2, 0.25) is 0 Å². The van der Waals surface area contributed by atoms with Crippen molar-refractivity contribution in [2.75, 3.05) is 4.90 Å². The van der Waals surface area contributed by atoms with E-state index in [0.717, 1.165) is 11.3 Å². The molecule has 1 saturated heterocycles. The Labute approximate surface area is 82.3 Å². The Hall–Kier alpha value is -1.64. The molecule has 0 saturated carbocycles. The number of para-hydroxylation sites is 1. The molecule has 1 aliphatic heterocycles. The SMILES string of the molecule is Cc1ccccc1N1C(=O)CCC1=O. The van der Waals surface area contributed by atoms with E-state index in [-0.39, 0.29) is 11.8 Å². The third-order valence-electron chi connectivity index (χ3n) is 2.41. The van der Waals surface area contributed by atoms with Crippen LogP contribution in [0, 0.1) is 6.92 Å². The van der Waals surface area contributed by atoms with Crippen LogP contribution in [0.5, 0.6) is 0 Å². The quantitative estimate of drug-likeness (QED) is 0.630. The van der Waals surface area contributed by atoms with Crippen molar-refractivity contribution in [1.82, 2.24) is 0 Å². The Morgan fingerprint density at radius 3 is 2.21 bits per heavy atom. The average molecular weight is 189 g/mol. The predicted molar refractivity (Wildman–Crippen MR) is 52.9 cm³/mol. The van der Waals surface area contributed by atoms with Gasteiger partial charge in [0.15, 0.2) is 0 Å². The van der Waals surface area contributed by atoms with Gasteiger partial charge >= 0.3 is 0 Å². The Balaban J connectivity index is 2.44. The molecular formula is C11H11NO2. The molecule has 0 aromatic heterocycles. The van der Waals surface area contributed by atoms with Crippen LogP contribution in [0.4, 0.5) is 5.69 Å². The first-order chi connectivity index (χ1) is 6.70. The molecule has 0 bridgehead atoms. The van der Waals surface area contributed by atoms with Gasteiger partial charge in [-0.15, -0.1) is 0 Å². The maximum Gasteiger partial charge on any atom is 0.234 e. The number of hydrogen-bond acceptors (Lipinski definition) is 2. The molecule has 3 nitrogen and oxygen atoms in total. The molecule has 0 aliphatic carbocycles. The molecule has 1 aromatic carbocycles. The van der Waals surface area contributed by atoms with Gasteiger partial charge in [0, 0.05) is 12.8 Å². The van der Waals surface area contributed by atoms with E-state index in [4.69, 9.17) is 0 Å². The van der Waals surface area contributed by atoms with Crippen LogP contribution < -0.4 is 4.90 Å². The van der Waals surface area contributed by atoms with Gasteiger partial charge in [-0.1, -0.05) is 18.2 Å². The van der Waals surface area contributed by atoms with E-state index in [1.807, 2.05) is 25.1 Å². The van der Waals surface area contributed by atoms with E-state index in [9.17, 15) is 9.59 Å². The molecule has 0 atom stereocenters. The van der Waals surface area contributed by atoms with Gasteiger partial charge in [0.1, 0.15) is 0 Å². The van der Waals surface area contributed by atoms with Gasteiger partial charge in [0.05, 0.1) is 5.69 Å². The van der Waals surface area contributed by atoms with Crippen molar-refractivity contribution >= 4 is 17.5 Å². The Bertz CT molecular complexity index is 382. The third-order valence-corrected chi connectivity index (χ3v) is 2.41. The lowest BCUT2D eigenvalue weighted by Crippen LogP contribution is -2.29. The molecule has 1 fully saturated rings. The van der Waals surface area contributed by atoms with Gasteiger partial charge < -0.3 is 0 Å². The smallest absolute Gasteiger partial charge is 0.234 e. The van der Waals surface area contributed by atoms with E-state index in [1.165, 1.54) is 4.90 Å². The first-order valence-electron chi connectivity index (χ1n) is 4.61. The molecule has 0 unspecified atom stereocenters. The summed E-state index contributed by atoms with van der Waals surface area (Å²) in [5.41, 5.74) is 1.68. The molecule has 14 heavy (non-hydrogen) atoms. The van der Waals surface area contributed by atoms with E-state index >= 15 is 0 Å². The zero-order chi connectivity index (χ0) is 10.1. The summed E-state index contributed by atoms with van der Waals surface area (Å²) in [6, 6.07) is 7.43. The Morgan fingerprint density at radius 2 is 1.64 bits per heavy atom. The summed E-state index contributed by atoms with van der Waals surface area (Å²) >= 11 is 0. The minimum Gasteiger partial charge on any atom is -0.274 e. The van der Waals surface area contributed by atoms with Crippen molar-refractivity contribution in [2.45, 2.75) is 19.8 Å². The van der Waals surface area contributed by atoms with Gasteiger partial charge in [-0.2, -0.15) is 0 Å². The molecular weight excluding hydrogens is 178 g/mol. The fraction of sp³-hybridized carbons (Fsp3) is 0.273. The topological polar surface area (TPSA) is 37.4 Å². The van der Waals surface area contributed by atoms with E-state index in [0.29, 0.717) is 12.8 Å². The number of carbonyl (C=O) groups excluding carboxylic acids is 2. The van der Waals surface area contributed by atoms with Crippen molar-refractivity contribution < 1.29 is 9.59 Å². The summed E-state index contributed by atoms with van der Waals surface area (Å²) in [7, 11) is 0. The van der Waals surface area contributed by atoms with Gasteiger partial charge in [-0.3, -0.25) is 14.5 Å². The Kier molecular flexibility index (Phi) is 2.08. The molecule has 72 valence electrons. The summed E-state index contributed by atoms with van der Waals surface area (Å²) in [6.07, 6.45) is 0.681. The highest BCUT2D eigenvalue weighted by atomic mass is 16.2. The van der Waals surface area contributed by atoms with Gasteiger partial charge in [0.2, 0.25) is 11.8 Å². The van der Waals surface area contributed by atoms with Crippen molar-refractivity contribution in [3.8, 4) is 0 Å². The second-order valence-corrected chi connectivity index (χ2v) is 3.41. The molecule has 0 N–H and O–H groups in total. The number of rotatable bonds is 1. The predicted octanol–water partition coefficient (Wildman–Crippen LogP) is 1.65. The van der Waals surface area contributed by atoms with Crippen molar-refractivity contribution in [1.29, 1.82) is 0 Å². The summed E-state index contributed by atoms with van der Waals surface area (Å²) in [4.78, 5) is 24.2. The van der Waals surface area contributed by atoms with Crippen molar-refractivity contribution in [3.05, 3.63) is 29.8 Å². The summed E-state index contributed by atoms with van der Waals surface area (Å²) < 4.78 is 0. The van der Waals surface area contributed by atoms with Crippen LogP contribution in [0.25, 0.3) is 0 Å². The second-order valence-electron chi connectivity index (χ2n) is 3.41. The number of aryl methyl sites for hydroxylation is 1. The average Bonchev–Trinajstić information content (AvgIpc) is 2.48. The molecule has 0 spiro atoms. The zero-order valence-corrected chi connectivity index (χ0v) is 7.99. The molecule has 1 aliphatic rings. The first-order valence-corrected chi connectivity index (χ1v) is 4.61. The number of hydrogen-bond donors (Lipinski definition) is 0. The molecule has 1 aromatic rings. The van der Waals surface area contributed by atoms with Crippen LogP contribution in [0.15, 0.2) is 24.3 Å². The van der Waals surface area contributed by atoms with Gasteiger partial charge in [-0.05, 0) is 18.6 Å². The largest absolute Gasteiger partial charge is 0.274 e. The number of imide groups is 1. The summed E-state index contributed by atoms with van der Waals surface area (Å²) in [6.45, 7) is 1.90. The normalized spacial score (nSPS) is 16.5. The maximum atomic E-state index is 11.4. The fourth-order valence-corrected chi connectivity index (χ4v) is 1.66. The lowest BCUT2D eigenvalue weighted by atomic mass is 10.2. The van der Waals surface area contributed by atoms with Crippen LogP contribution >= 0.6 is 0 Å². The number of anilines is 1. The second kappa shape index (κ2) is 3.25. The fourth-order valence-electron chi connectivity index (χ4n) is 1.66. The molecule has 2 amide bonds. The highest BCUT2D eigenvalue weighted by molar-refractivity contribution is 6.20. The van der Waals surface area contributed by atoms with Crippen LogP contribution in [-0.4, -0.2) is 11.8 Å². The maximum absolute atomic E-state index is 11.4. The number of nitrogens with zero attached hydrogens (tertiary/aromatic N) is 1. The monoisotopic (exact) mass is 189 g/mol. The van der Waals surface area contributed by atoms with E-state index < -0.39 is 0 Å². The van der Waals surface area contributed by atoms with Crippen LogP contribution in [0.3, 0.4) is 0 Å². The number of carbonyl (C=O) groups is 2. The summed E-state index contributed by atoms with van der Waals surface area (Å²) in [5.74, 6) is -0.186. The van der Waals surface area contributed by atoms with Crippen LogP contribution in [0.1, 0.15) is 18.4 Å². The van der Waals surface area contributed by atoms with E-state index in [2.05, 4.69) is 0 Å². The highest BCUT2D eigenvalue weighted by Gasteiger charge is 2.30. The standard InChI is InChI=1S/C11H11NO2/c1-8-4-2-3-5-9(8)12-10(13)6-7-11(12)14/h2-5H,6-7H2,1H3. The van der Waals surface area contributed by atoms with E-state index in [1.54, 1.807) is 6.07 Å². The molecule has 2 rings (SSSR count). The highest BCUT2D eigenvalue weighted by Crippen LogP contribution is 2.25. The van der Waals surface area contributed by atoms with Gasteiger partial charge in [0.25, 0.3) is 0 Å². The first kappa shape index (κ1) is 8.94. The zero-order valence-electron chi connectivity index (χ0n) is 7.99. The minimum atomic E-state index is -0.0932. The van der Waals surface area contributed by atoms with Gasteiger partial charge in [-0.25, -0.2) is 0 Å². The lowest BCUT2D eigenvalue weighted by molar-refractivity contribution is -0.121. The minimum absolute atomic E-state index is 0.0932. The van der Waals surface area contributed by atoms with Crippen molar-refractivity contribution in [2.24, 2.45) is 0 Å². The summed E-state index contributed by atoms with van der Waals surface area (Å²) in [5, 5.41) is 0. The van der Waals surface area contributed by atoms with Crippen LogP contribution in [-0.2, 0) is 9.59 Å². The van der Waals surface area contributed by atoms with Crippen molar-refractivity contribution in [3.63, 3.8) is 0 Å². The molecule has 1 heterocycles.